The molecule has 0 saturated heterocycles. The van der Waals surface area contributed by atoms with E-state index in [-0.39, 0.29) is 0 Å². The Morgan fingerprint density at radius 2 is 2.04 bits per heavy atom. The van der Waals surface area contributed by atoms with Crippen LogP contribution in [-0.2, 0) is 6.54 Å². The third kappa shape index (κ3) is 2.90. The maximum absolute atomic E-state index is 11.6. The number of oxazole rings is 1. The lowest BCUT2D eigenvalue weighted by molar-refractivity contribution is 0.100. The Hall–Kier alpha value is -3.61. The molecular formula is C19H17N5O2. The van der Waals surface area contributed by atoms with Crippen molar-refractivity contribution >= 4 is 22.5 Å². The lowest BCUT2D eigenvalue weighted by atomic mass is 10.1. The number of carbonyl (C=O) groups excluding carboxylic acids is 1. The summed E-state index contributed by atoms with van der Waals surface area (Å²) in [6.45, 7) is 0.583. The van der Waals surface area contributed by atoms with E-state index in [4.69, 9.17) is 10.2 Å². The first kappa shape index (κ1) is 15.9. The van der Waals surface area contributed by atoms with Gasteiger partial charge in [0.05, 0.1) is 24.0 Å². The van der Waals surface area contributed by atoms with Crippen LogP contribution in [0.4, 0.5) is 5.69 Å². The highest BCUT2D eigenvalue weighted by Crippen LogP contribution is 2.21. The Morgan fingerprint density at radius 3 is 2.73 bits per heavy atom. The number of nitrogens with two attached hydrogens (primary N) is 1. The van der Waals surface area contributed by atoms with Crippen LogP contribution in [0, 0.1) is 0 Å². The van der Waals surface area contributed by atoms with Gasteiger partial charge >= 0.3 is 0 Å². The molecule has 0 fully saturated rings. The zero-order valence-electron chi connectivity index (χ0n) is 14.2. The van der Waals surface area contributed by atoms with Crippen molar-refractivity contribution in [3.05, 3.63) is 72.6 Å². The molecule has 0 aliphatic heterocycles. The summed E-state index contributed by atoms with van der Waals surface area (Å²) in [5.41, 5.74) is 8.37. The molecule has 130 valence electrons. The first-order valence-electron chi connectivity index (χ1n) is 8.10. The highest BCUT2D eigenvalue weighted by molar-refractivity contribution is 6.04. The summed E-state index contributed by atoms with van der Waals surface area (Å²) in [4.78, 5) is 17.7. The smallest absolute Gasteiger partial charge is 0.250 e. The lowest BCUT2D eigenvalue weighted by Crippen LogP contribution is -2.16. The van der Waals surface area contributed by atoms with Gasteiger partial charge in [-0.1, -0.05) is 12.1 Å². The maximum Gasteiger partial charge on any atom is 0.250 e. The molecule has 0 spiro atoms. The fraction of sp³-hybridized carbons (Fsp3) is 0.105. The molecule has 0 radical (unpaired) electrons. The van der Waals surface area contributed by atoms with Gasteiger partial charge < -0.3 is 15.1 Å². The molecule has 2 N–H and O–H groups in total. The van der Waals surface area contributed by atoms with E-state index in [1.807, 2.05) is 48.5 Å². The van der Waals surface area contributed by atoms with Crippen LogP contribution < -0.4 is 10.6 Å². The van der Waals surface area contributed by atoms with Gasteiger partial charge in [0.1, 0.15) is 11.8 Å². The zero-order valence-corrected chi connectivity index (χ0v) is 14.2. The Balaban J connectivity index is 1.61. The highest BCUT2D eigenvalue weighted by Gasteiger charge is 2.11. The van der Waals surface area contributed by atoms with Crippen LogP contribution in [0.5, 0.6) is 0 Å². The predicted molar refractivity (Wildman–Crippen MR) is 98.2 cm³/mol. The van der Waals surface area contributed by atoms with Gasteiger partial charge in [0.25, 0.3) is 5.91 Å². The molecule has 0 bridgehead atoms. The summed E-state index contributed by atoms with van der Waals surface area (Å²) in [7, 11) is 1.97. The van der Waals surface area contributed by atoms with Crippen LogP contribution in [0.3, 0.4) is 0 Å². The van der Waals surface area contributed by atoms with Gasteiger partial charge in [0.2, 0.25) is 5.89 Å². The zero-order chi connectivity index (χ0) is 18.1. The van der Waals surface area contributed by atoms with E-state index in [0.29, 0.717) is 23.5 Å². The van der Waals surface area contributed by atoms with Crippen LogP contribution in [0.2, 0.25) is 0 Å². The molecule has 0 unspecified atom stereocenters. The molecule has 7 nitrogen and oxygen atoms in total. The van der Waals surface area contributed by atoms with Crippen molar-refractivity contribution in [2.45, 2.75) is 6.54 Å². The van der Waals surface area contributed by atoms with Crippen molar-refractivity contribution in [2.24, 2.45) is 5.73 Å². The quantitative estimate of drug-likeness (QED) is 0.599. The van der Waals surface area contributed by atoms with E-state index in [9.17, 15) is 4.79 Å². The Kier molecular flexibility index (Phi) is 3.89. The largest absolute Gasteiger partial charge is 0.447 e. The summed E-state index contributed by atoms with van der Waals surface area (Å²) in [5.74, 6) is 0.179. The van der Waals surface area contributed by atoms with Crippen LogP contribution in [0.25, 0.3) is 16.6 Å². The van der Waals surface area contributed by atoms with Crippen LogP contribution in [0.1, 0.15) is 16.2 Å². The molecule has 0 atom stereocenters. The summed E-state index contributed by atoms with van der Waals surface area (Å²) in [5, 5.41) is 5.38. The molecule has 2 aromatic carbocycles. The van der Waals surface area contributed by atoms with Gasteiger partial charge in [-0.2, -0.15) is 5.10 Å². The van der Waals surface area contributed by atoms with Gasteiger partial charge in [0, 0.05) is 24.3 Å². The monoisotopic (exact) mass is 347 g/mol. The average Bonchev–Trinajstić information content (AvgIpc) is 3.30. The molecule has 0 aliphatic carbocycles. The predicted octanol–water partition coefficient (Wildman–Crippen LogP) is 2.75. The number of anilines is 1. The Bertz CT molecular complexity index is 1050. The van der Waals surface area contributed by atoms with E-state index in [2.05, 4.69) is 10.1 Å². The van der Waals surface area contributed by atoms with Crippen molar-refractivity contribution in [1.82, 2.24) is 14.8 Å². The molecule has 0 aliphatic rings. The molecule has 7 heteroatoms. The van der Waals surface area contributed by atoms with Crippen molar-refractivity contribution in [3.63, 3.8) is 0 Å². The standard InChI is InChI=1S/C19H17N5O2/c1-23(12-17-21-9-10-26-17)14-5-7-15(8-6-14)24-11-13-3-2-4-16(19(20)25)18(13)22-24/h2-11H,12H2,1H3,(H2,20,25). The average molecular weight is 347 g/mol. The fourth-order valence-corrected chi connectivity index (χ4v) is 2.86. The Morgan fingerprint density at radius 1 is 1.23 bits per heavy atom. The van der Waals surface area contributed by atoms with Crippen molar-refractivity contribution in [1.29, 1.82) is 0 Å². The second kappa shape index (κ2) is 6.36. The molecule has 0 saturated carbocycles. The molecule has 4 rings (SSSR count). The Labute approximate surface area is 149 Å². The van der Waals surface area contributed by atoms with Gasteiger partial charge in [0.15, 0.2) is 0 Å². The topological polar surface area (TPSA) is 90.2 Å². The minimum atomic E-state index is -0.482. The van der Waals surface area contributed by atoms with Gasteiger partial charge in [-0.15, -0.1) is 0 Å². The van der Waals surface area contributed by atoms with Gasteiger partial charge in [-0.05, 0) is 30.3 Å². The van der Waals surface area contributed by atoms with E-state index in [1.54, 1.807) is 29.3 Å². The number of aromatic nitrogens is 3. The number of amides is 1. The van der Waals surface area contributed by atoms with Gasteiger partial charge in [-0.25, -0.2) is 9.67 Å². The summed E-state index contributed by atoms with van der Waals surface area (Å²) >= 11 is 0. The third-order valence-corrected chi connectivity index (χ3v) is 4.21. The molecule has 1 amide bonds. The van der Waals surface area contributed by atoms with E-state index in [0.717, 1.165) is 16.8 Å². The number of benzene rings is 2. The number of hydrogen-bond acceptors (Lipinski definition) is 5. The third-order valence-electron chi connectivity index (χ3n) is 4.21. The first-order chi connectivity index (χ1) is 12.6. The maximum atomic E-state index is 11.6. The SMILES string of the molecule is CN(Cc1ncco1)c1ccc(-n2cc3cccc(C(N)=O)c3n2)cc1. The number of primary amides is 1. The number of fused-ring (bicyclic) bond motifs is 1. The number of carbonyl (C=O) groups is 1. The van der Waals surface area contributed by atoms with Crippen molar-refractivity contribution in [3.8, 4) is 5.69 Å². The number of hydrogen-bond donors (Lipinski definition) is 1. The molecular weight excluding hydrogens is 330 g/mol. The lowest BCUT2D eigenvalue weighted by Gasteiger charge is -2.17. The minimum Gasteiger partial charge on any atom is -0.447 e. The first-order valence-corrected chi connectivity index (χ1v) is 8.10. The highest BCUT2D eigenvalue weighted by atomic mass is 16.3. The number of rotatable bonds is 5. The van der Waals surface area contributed by atoms with E-state index < -0.39 is 5.91 Å². The van der Waals surface area contributed by atoms with Gasteiger partial charge in [-0.3, -0.25) is 4.79 Å². The normalized spacial score (nSPS) is 11.0. The van der Waals surface area contributed by atoms with E-state index >= 15 is 0 Å². The second-order valence-corrected chi connectivity index (χ2v) is 5.98. The number of nitrogens with zero attached hydrogens (tertiary/aromatic N) is 4. The summed E-state index contributed by atoms with van der Waals surface area (Å²) in [6.07, 6.45) is 5.08. The minimum absolute atomic E-state index is 0.420. The van der Waals surface area contributed by atoms with Crippen molar-refractivity contribution < 1.29 is 9.21 Å². The fourth-order valence-electron chi connectivity index (χ4n) is 2.86. The molecule has 4 aromatic rings. The molecule has 2 aromatic heterocycles. The second-order valence-electron chi connectivity index (χ2n) is 5.98. The van der Waals surface area contributed by atoms with Crippen LogP contribution in [0.15, 0.2) is 65.5 Å². The van der Waals surface area contributed by atoms with Crippen molar-refractivity contribution in [2.75, 3.05) is 11.9 Å². The molecule has 26 heavy (non-hydrogen) atoms. The van der Waals surface area contributed by atoms with E-state index in [1.165, 1.54) is 0 Å². The summed E-state index contributed by atoms with van der Waals surface area (Å²) in [6, 6.07) is 13.3. The van der Waals surface area contributed by atoms with Crippen LogP contribution >= 0.6 is 0 Å². The van der Waals surface area contributed by atoms with Crippen LogP contribution in [-0.4, -0.2) is 27.7 Å². The molecule has 2 heterocycles. The summed E-state index contributed by atoms with van der Waals surface area (Å²) < 4.78 is 7.02.